The summed E-state index contributed by atoms with van der Waals surface area (Å²) < 4.78 is 0. The highest BCUT2D eigenvalue weighted by molar-refractivity contribution is 5.44. The Balaban J connectivity index is 2.72. The third kappa shape index (κ3) is 3.69. The minimum Gasteiger partial charge on any atom is -0.0991 e. The zero-order valence-electron chi connectivity index (χ0n) is 10.5. The van der Waals surface area contributed by atoms with Gasteiger partial charge in [-0.3, -0.25) is 0 Å². The van der Waals surface area contributed by atoms with E-state index in [1.807, 2.05) is 12.2 Å². The maximum absolute atomic E-state index is 3.68. The summed E-state index contributed by atoms with van der Waals surface area (Å²) in [4.78, 5) is 0. The molecule has 0 nitrogen and oxygen atoms in total. The quantitative estimate of drug-likeness (QED) is 0.557. The van der Waals surface area contributed by atoms with E-state index in [2.05, 4.69) is 44.7 Å². The van der Waals surface area contributed by atoms with Gasteiger partial charge < -0.3 is 0 Å². The van der Waals surface area contributed by atoms with E-state index in [-0.39, 0.29) is 0 Å². The van der Waals surface area contributed by atoms with Crippen molar-refractivity contribution in [1.82, 2.24) is 0 Å². The number of allylic oxidation sites excluding steroid dienone is 9. The summed E-state index contributed by atoms with van der Waals surface area (Å²) >= 11 is 0. The topological polar surface area (TPSA) is 0 Å². The molecular formula is C16H22. The van der Waals surface area contributed by atoms with E-state index in [1.165, 1.54) is 30.4 Å². The normalized spacial score (nSPS) is 17.2. The first kappa shape index (κ1) is 12.8. The van der Waals surface area contributed by atoms with E-state index >= 15 is 0 Å². The van der Waals surface area contributed by atoms with Gasteiger partial charge in [0.1, 0.15) is 0 Å². The van der Waals surface area contributed by atoms with Crippen molar-refractivity contribution < 1.29 is 0 Å². The van der Waals surface area contributed by atoms with Crippen LogP contribution in [-0.4, -0.2) is 0 Å². The molecule has 0 unspecified atom stereocenters. The van der Waals surface area contributed by atoms with Crippen LogP contribution in [0.1, 0.15) is 39.5 Å². The highest BCUT2D eigenvalue weighted by Gasteiger charge is 2.08. The molecule has 1 aliphatic carbocycles. The molecule has 0 N–H and O–H groups in total. The summed E-state index contributed by atoms with van der Waals surface area (Å²) in [6, 6.07) is 0. The summed E-state index contributed by atoms with van der Waals surface area (Å²) in [6.07, 6.45) is 17.5. The fraction of sp³-hybridized carbons (Fsp3) is 0.375. The van der Waals surface area contributed by atoms with Gasteiger partial charge in [-0.2, -0.15) is 0 Å². The first-order valence-corrected chi connectivity index (χ1v) is 6.09. The fourth-order valence-corrected chi connectivity index (χ4v) is 1.99. The lowest BCUT2D eigenvalue weighted by Gasteiger charge is -2.16. The molecule has 0 aromatic heterocycles. The van der Waals surface area contributed by atoms with E-state index in [4.69, 9.17) is 0 Å². The Hall–Kier alpha value is -1.30. The standard InChI is InChI=1S/C16H22/c1-4-6-7-8-11-15-12-9-10-13-16(15)14(3)5-2/h4-7,10,13H,1,8-9,11-12H2,2-3H3. The van der Waals surface area contributed by atoms with Gasteiger partial charge in [-0.25, -0.2) is 0 Å². The minimum atomic E-state index is 1.12. The van der Waals surface area contributed by atoms with Gasteiger partial charge in [0, 0.05) is 0 Å². The Bertz CT molecular complexity index is 348. The van der Waals surface area contributed by atoms with Crippen LogP contribution in [0.3, 0.4) is 0 Å². The van der Waals surface area contributed by atoms with Gasteiger partial charge in [0.2, 0.25) is 0 Å². The Morgan fingerprint density at radius 2 is 2.31 bits per heavy atom. The Labute approximate surface area is 99.8 Å². The zero-order chi connectivity index (χ0) is 11.8. The Morgan fingerprint density at radius 3 is 3.00 bits per heavy atom. The molecule has 1 aliphatic rings. The number of hydrogen-bond acceptors (Lipinski definition) is 0. The van der Waals surface area contributed by atoms with E-state index < -0.39 is 0 Å². The lowest BCUT2D eigenvalue weighted by Crippen LogP contribution is -1.96. The van der Waals surface area contributed by atoms with Gasteiger partial charge >= 0.3 is 0 Å². The molecule has 0 amide bonds. The summed E-state index contributed by atoms with van der Waals surface area (Å²) in [5.74, 6) is 0. The zero-order valence-corrected chi connectivity index (χ0v) is 10.5. The molecule has 0 saturated carbocycles. The second kappa shape index (κ2) is 7.05. The monoisotopic (exact) mass is 214 g/mol. The molecule has 0 aliphatic heterocycles. The second-order valence-electron chi connectivity index (χ2n) is 4.13. The molecular weight excluding hydrogens is 192 g/mol. The molecule has 86 valence electrons. The predicted octanol–water partition coefficient (Wildman–Crippen LogP) is 5.12. The number of rotatable bonds is 5. The van der Waals surface area contributed by atoms with Gasteiger partial charge in [0.15, 0.2) is 0 Å². The fourth-order valence-electron chi connectivity index (χ4n) is 1.99. The maximum Gasteiger partial charge on any atom is -0.0242 e. The summed E-state index contributed by atoms with van der Waals surface area (Å²) in [5.41, 5.74) is 4.46. The molecule has 0 heteroatoms. The van der Waals surface area contributed by atoms with E-state index in [9.17, 15) is 0 Å². The molecule has 0 spiro atoms. The molecule has 1 rings (SSSR count). The van der Waals surface area contributed by atoms with Crippen LogP contribution in [-0.2, 0) is 0 Å². The molecule has 0 aromatic rings. The lowest BCUT2D eigenvalue weighted by molar-refractivity contribution is 0.839. The molecule has 0 atom stereocenters. The van der Waals surface area contributed by atoms with Crippen molar-refractivity contribution in [3.63, 3.8) is 0 Å². The molecule has 0 heterocycles. The van der Waals surface area contributed by atoms with Crippen molar-refractivity contribution >= 4 is 0 Å². The van der Waals surface area contributed by atoms with Crippen LogP contribution in [0.25, 0.3) is 0 Å². The molecule has 16 heavy (non-hydrogen) atoms. The third-order valence-corrected chi connectivity index (χ3v) is 3.02. The van der Waals surface area contributed by atoms with Crippen molar-refractivity contribution in [3.8, 4) is 0 Å². The van der Waals surface area contributed by atoms with E-state index in [0.29, 0.717) is 0 Å². The highest BCUT2D eigenvalue weighted by atomic mass is 14.1. The van der Waals surface area contributed by atoms with E-state index in [0.717, 1.165) is 6.42 Å². The second-order valence-corrected chi connectivity index (χ2v) is 4.13. The van der Waals surface area contributed by atoms with Crippen LogP contribution in [0.5, 0.6) is 0 Å². The van der Waals surface area contributed by atoms with Crippen molar-refractivity contribution in [2.24, 2.45) is 0 Å². The maximum atomic E-state index is 3.68. The Kier molecular flexibility index (Phi) is 5.63. The molecule has 0 saturated heterocycles. The van der Waals surface area contributed by atoms with Crippen molar-refractivity contribution in [3.05, 3.63) is 59.8 Å². The van der Waals surface area contributed by atoms with Crippen molar-refractivity contribution in [2.75, 3.05) is 0 Å². The lowest BCUT2D eigenvalue weighted by atomic mass is 9.90. The largest absolute Gasteiger partial charge is 0.0991 e. The van der Waals surface area contributed by atoms with Crippen molar-refractivity contribution in [2.45, 2.75) is 39.5 Å². The Morgan fingerprint density at radius 1 is 1.50 bits per heavy atom. The van der Waals surface area contributed by atoms with Gasteiger partial charge in [-0.15, -0.1) is 0 Å². The first-order chi connectivity index (χ1) is 7.79. The molecule has 0 radical (unpaired) electrons. The third-order valence-electron chi connectivity index (χ3n) is 3.02. The summed E-state index contributed by atoms with van der Waals surface area (Å²) in [7, 11) is 0. The van der Waals surface area contributed by atoms with Gasteiger partial charge in [-0.05, 0) is 50.7 Å². The van der Waals surface area contributed by atoms with Crippen LogP contribution >= 0.6 is 0 Å². The van der Waals surface area contributed by atoms with Crippen LogP contribution in [0.15, 0.2) is 59.8 Å². The summed E-state index contributed by atoms with van der Waals surface area (Å²) in [5, 5.41) is 0. The van der Waals surface area contributed by atoms with Gasteiger partial charge in [-0.1, -0.05) is 48.6 Å². The molecule has 0 fully saturated rings. The smallest absolute Gasteiger partial charge is 0.0242 e. The van der Waals surface area contributed by atoms with E-state index in [1.54, 1.807) is 5.57 Å². The number of hydrogen-bond donors (Lipinski definition) is 0. The average Bonchev–Trinajstić information content (AvgIpc) is 2.34. The highest BCUT2D eigenvalue weighted by Crippen LogP contribution is 2.27. The van der Waals surface area contributed by atoms with Crippen LogP contribution in [0.2, 0.25) is 0 Å². The predicted molar refractivity (Wildman–Crippen MR) is 73.4 cm³/mol. The van der Waals surface area contributed by atoms with Gasteiger partial charge in [0.05, 0.1) is 0 Å². The van der Waals surface area contributed by atoms with Crippen molar-refractivity contribution in [1.29, 1.82) is 0 Å². The van der Waals surface area contributed by atoms with Crippen LogP contribution < -0.4 is 0 Å². The first-order valence-electron chi connectivity index (χ1n) is 6.09. The SMILES string of the molecule is C=CC=CCCC1=C(C(C)=CC)C=CCC1. The molecule has 0 bridgehead atoms. The average molecular weight is 214 g/mol. The molecule has 0 aromatic carbocycles. The minimum absolute atomic E-state index is 1.12. The van der Waals surface area contributed by atoms with Crippen LogP contribution in [0.4, 0.5) is 0 Å². The van der Waals surface area contributed by atoms with Gasteiger partial charge in [0.25, 0.3) is 0 Å². The summed E-state index contributed by atoms with van der Waals surface area (Å²) in [6.45, 7) is 7.99. The van der Waals surface area contributed by atoms with Crippen LogP contribution in [0, 0.1) is 0 Å².